The van der Waals surface area contributed by atoms with Crippen molar-refractivity contribution in [3.05, 3.63) is 33.8 Å². The molecule has 8 heteroatoms. The molecule has 0 radical (unpaired) electrons. The molecule has 1 aromatic carbocycles. The fraction of sp³-hybridized carbons (Fsp3) is 0.417. The standard InChI is InChI=1S/C12H8Cl3F3O2/c1-4-2-5(3-6(9(4)13)12(16,17)18)7-8(10(19)20)11(7,14)15/h2-3,7-8H,1H3,(H,19,20)/t7?,8-/m0/s1. The van der Waals surface area contributed by atoms with Crippen LogP contribution in [0, 0.1) is 12.8 Å². The molecule has 0 bridgehead atoms. The van der Waals surface area contributed by atoms with Crippen molar-refractivity contribution in [1.29, 1.82) is 0 Å². The Labute approximate surface area is 127 Å². The Hall–Kier alpha value is -0.650. The Balaban J connectivity index is 2.51. The lowest BCUT2D eigenvalue weighted by molar-refractivity contribution is -0.138. The molecule has 0 aliphatic heterocycles. The second kappa shape index (κ2) is 4.68. The lowest BCUT2D eigenvalue weighted by Gasteiger charge is -2.13. The van der Waals surface area contributed by atoms with Crippen molar-refractivity contribution in [1.82, 2.24) is 0 Å². The summed E-state index contributed by atoms with van der Waals surface area (Å²) < 4.78 is 37.0. The highest BCUT2D eigenvalue weighted by Crippen LogP contribution is 2.65. The average molecular weight is 348 g/mol. The first-order valence-corrected chi connectivity index (χ1v) is 6.59. The van der Waals surface area contributed by atoms with Crippen molar-refractivity contribution >= 4 is 40.8 Å². The molecule has 0 saturated heterocycles. The number of alkyl halides is 5. The van der Waals surface area contributed by atoms with Crippen molar-refractivity contribution in [2.45, 2.75) is 23.4 Å². The van der Waals surface area contributed by atoms with Gasteiger partial charge in [-0.2, -0.15) is 13.2 Å². The number of carboxylic acids is 1. The van der Waals surface area contributed by atoms with Crippen LogP contribution in [0.1, 0.15) is 22.6 Å². The molecule has 2 nitrogen and oxygen atoms in total. The first kappa shape index (κ1) is 15.7. The Morgan fingerprint density at radius 3 is 2.30 bits per heavy atom. The molecule has 1 N–H and O–H groups in total. The van der Waals surface area contributed by atoms with Gasteiger partial charge in [-0.25, -0.2) is 0 Å². The normalized spacial score (nSPS) is 24.6. The predicted molar refractivity (Wildman–Crippen MR) is 69.5 cm³/mol. The van der Waals surface area contributed by atoms with Crippen LogP contribution in [0.3, 0.4) is 0 Å². The highest BCUT2D eigenvalue weighted by atomic mass is 35.5. The number of hydrogen-bond donors (Lipinski definition) is 1. The number of benzene rings is 1. The van der Waals surface area contributed by atoms with E-state index in [0.717, 1.165) is 6.07 Å². The van der Waals surface area contributed by atoms with Crippen molar-refractivity contribution < 1.29 is 23.1 Å². The first-order chi connectivity index (χ1) is 8.98. The van der Waals surface area contributed by atoms with Gasteiger partial charge in [0.15, 0.2) is 0 Å². The summed E-state index contributed by atoms with van der Waals surface area (Å²) in [6.07, 6.45) is -4.63. The second-order valence-corrected chi connectivity index (χ2v) is 6.49. The number of rotatable bonds is 2. The highest BCUT2D eigenvalue weighted by molar-refractivity contribution is 6.53. The summed E-state index contributed by atoms with van der Waals surface area (Å²) in [5.41, 5.74) is -0.706. The molecule has 1 unspecified atom stereocenters. The molecule has 1 saturated carbocycles. The van der Waals surface area contributed by atoms with E-state index >= 15 is 0 Å². The minimum Gasteiger partial charge on any atom is -0.481 e. The average Bonchev–Trinajstić information content (AvgIpc) is 2.84. The van der Waals surface area contributed by atoms with Gasteiger partial charge in [-0.05, 0) is 24.1 Å². The minimum absolute atomic E-state index is 0.122. The number of aliphatic carboxylic acids is 1. The molecule has 1 aliphatic carbocycles. The Bertz CT molecular complexity index is 584. The van der Waals surface area contributed by atoms with Gasteiger partial charge < -0.3 is 5.11 Å². The first-order valence-electron chi connectivity index (χ1n) is 5.45. The molecular formula is C12H8Cl3F3O2. The van der Waals surface area contributed by atoms with Gasteiger partial charge in [0.1, 0.15) is 4.33 Å². The SMILES string of the molecule is Cc1cc(C2[C@@H](C(=O)O)C2(Cl)Cl)cc(C(F)(F)F)c1Cl. The third kappa shape index (κ3) is 2.47. The van der Waals surface area contributed by atoms with Gasteiger partial charge in [-0.1, -0.05) is 40.9 Å². The minimum atomic E-state index is -4.63. The molecule has 0 aromatic heterocycles. The van der Waals surface area contributed by atoms with Gasteiger partial charge >= 0.3 is 12.1 Å². The van der Waals surface area contributed by atoms with Crippen LogP contribution < -0.4 is 0 Å². The fourth-order valence-electron chi connectivity index (χ4n) is 2.23. The zero-order chi connectivity index (χ0) is 15.5. The van der Waals surface area contributed by atoms with Gasteiger partial charge in [-0.15, -0.1) is 0 Å². The largest absolute Gasteiger partial charge is 0.481 e. The third-order valence-electron chi connectivity index (χ3n) is 3.26. The predicted octanol–water partition coefficient (Wildman–Crippen LogP) is 4.64. The highest BCUT2D eigenvalue weighted by Gasteiger charge is 2.68. The van der Waals surface area contributed by atoms with Crippen molar-refractivity contribution in [2.24, 2.45) is 5.92 Å². The van der Waals surface area contributed by atoms with Gasteiger partial charge in [-0.3, -0.25) is 4.79 Å². The van der Waals surface area contributed by atoms with Crippen LogP contribution >= 0.6 is 34.8 Å². The van der Waals surface area contributed by atoms with E-state index in [1.54, 1.807) is 0 Å². The molecule has 110 valence electrons. The number of carboxylic acid groups (broad SMARTS) is 1. The monoisotopic (exact) mass is 346 g/mol. The maximum atomic E-state index is 12.9. The Morgan fingerprint density at radius 1 is 1.35 bits per heavy atom. The fourth-order valence-corrected chi connectivity index (χ4v) is 3.26. The van der Waals surface area contributed by atoms with E-state index in [0.29, 0.717) is 0 Å². The third-order valence-corrected chi connectivity index (χ3v) is 4.70. The van der Waals surface area contributed by atoms with Crippen LogP contribution in [0.5, 0.6) is 0 Å². The van der Waals surface area contributed by atoms with E-state index in [1.165, 1.54) is 13.0 Å². The summed E-state index contributed by atoms with van der Waals surface area (Å²) in [4.78, 5) is 11.0. The molecule has 20 heavy (non-hydrogen) atoms. The van der Waals surface area contributed by atoms with Gasteiger partial charge in [0, 0.05) is 5.92 Å². The van der Waals surface area contributed by atoms with E-state index < -0.39 is 38.9 Å². The molecule has 1 aliphatic rings. The summed E-state index contributed by atoms with van der Waals surface area (Å²) in [5, 5.41) is 8.54. The number of halogens is 6. The van der Waals surface area contributed by atoms with E-state index in [1.807, 2.05) is 0 Å². The van der Waals surface area contributed by atoms with Crippen LogP contribution in [0.4, 0.5) is 13.2 Å². The summed E-state index contributed by atoms with van der Waals surface area (Å²) in [5.74, 6) is -3.27. The van der Waals surface area contributed by atoms with Gasteiger partial charge in [0.2, 0.25) is 0 Å². The zero-order valence-electron chi connectivity index (χ0n) is 9.93. The van der Waals surface area contributed by atoms with Gasteiger partial charge in [0.05, 0.1) is 16.5 Å². The van der Waals surface area contributed by atoms with E-state index in [-0.39, 0.29) is 11.1 Å². The van der Waals surface area contributed by atoms with Crippen LogP contribution in [-0.2, 0) is 11.0 Å². The smallest absolute Gasteiger partial charge is 0.417 e. The van der Waals surface area contributed by atoms with E-state index in [9.17, 15) is 18.0 Å². The maximum Gasteiger partial charge on any atom is 0.417 e. The lowest BCUT2D eigenvalue weighted by atomic mass is 10.0. The van der Waals surface area contributed by atoms with Crippen LogP contribution in [0.25, 0.3) is 0 Å². The summed E-state index contributed by atoms with van der Waals surface area (Å²) in [7, 11) is 0. The molecule has 1 fully saturated rings. The number of carbonyl (C=O) groups is 1. The topological polar surface area (TPSA) is 37.3 Å². The Morgan fingerprint density at radius 2 is 1.90 bits per heavy atom. The van der Waals surface area contributed by atoms with Crippen molar-refractivity contribution in [3.8, 4) is 0 Å². The van der Waals surface area contributed by atoms with E-state index in [4.69, 9.17) is 39.9 Å². The molecule has 2 atom stereocenters. The molecule has 0 heterocycles. The van der Waals surface area contributed by atoms with Crippen molar-refractivity contribution in [3.63, 3.8) is 0 Å². The van der Waals surface area contributed by atoms with Crippen molar-refractivity contribution in [2.75, 3.05) is 0 Å². The van der Waals surface area contributed by atoms with Gasteiger partial charge in [0.25, 0.3) is 0 Å². The lowest BCUT2D eigenvalue weighted by Crippen LogP contribution is -2.08. The van der Waals surface area contributed by atoms with Crippen LogP contribution in [0.2, 0.25) is 5.02 Å². The molecule has 2 rings (SSSR count). The van der Waals surface area contributed by atoms with Crippen LogP contribution in [0.15, 0.2) is 12.1 Å². The Kier molecular flexibility index (Phi) is 3.68. The molecular weight excluding hydrogens is 339 g/mol. The number of aryl methyl sites for hydroxylation is 1. The van der Waals surface area contributed by atoms with Crippen LogP contribution in [-0.4, -0.2) is 15.4 Å². The number of hydrogen-bond acceptors (Lipinski definition) is 1. The molecule has 1 aromatic rings. The maximum absolute atomic E-state index is 12.9. The second-order valence-electron chi connectivity index (χ2n) is 4.67. The summed E-state index contributed by atoms with van der Waals surface area (Å²) in [6, 6.07) is 2.19. The summed E-state index contributed by atoms with van der Waals surface area (Å²) in [6.45, 7) is 1.41. The molecule has 0 spiro atoms. The van der Waals surface area contributed by atoms with E-state index in [2.05, 4.69) is 0 Å². The quantitative estimate of drug-likeness (QED) is 0.791. The zero-order valence-corrected chi connectivity index (χ0v) is 12.2. The summed E-state index contributed by atoms with van der Waals surface area (Å²) >= 11 is 17.3. The molecule has 0 amide bonds.